The molecule has 0 spiro atoms. The van der Waals surface area contributed by atoms with Gasteiger partial charge in [-0.1, -0.05) is 60.7 Å². The van der Waals surface area contributed by atoms with Crippen LogP contribution in [0.2, 0.25) is 0 Å². The van der Waals surface area contributed by atoms with Crippen LogP contribution in [-0.2, 0) is 0 Å². The van der Waals surface area contributed by atoms with Crippen LogP contribution in [0.3, 0.4) is 0 Å². The van der Waals surface area contributed by atoms with Crippen molar-refractivity contribution in [2.24, 2.45) is 5.73 Å². The number of aliphatic hydroxyl groups excluding tert-OH is 1. The van der Waals surface area contributed by atoms with Crippen molar-refractivity contribution in [1.29, 1.82) is 0 Å². The third-order valence-electron chi connectivity index (χ3n) is 3.36. The topological polar surface area (TPSA) is 58.3 Å². The lowest BCUT2D eigenvalue weighted by atomic mass is 9.95. The molecule has 0 aliphatic carbocycles. The Morgan fingerprint density at radius 1 is 0.900 bits per heavy atom. The van der Waals surface area contributed by atoms with E-state index in [9.17, 15) is 5.11 Å². The number of nitrogens with two attached hydrogens (primary N) is 1. The molecule has 0 bridgehead atoms. The largest absolute Gasteiger partial charge is 0.386 e. The molecule has 0 heterocycles. The maximum Gasteiger partial charge on any atom is 0.0984 e. The van der Waals surface area contributed by atoms with Crippen LogP contribution in [0.25, 0.3) is 0 Å². The van der Waals surface area contributed by atoms with Crippen molar-refractivity contribution in [2.75, 3.05) is 13.1 Å². The van der Waals surface area contributed by atoms with Gasteiger partial charge < -0.3 is 16.2 Å². The van der Waals surface area contributed by atoms with E-state index in [1.54, 1.807) is 0 Å². The minimum atomic E-state index is -0.573. The predicted octanol–water partition coefficient (Wildman–Crippen LogP) is 2.40. The molecule has 0 aliphatic rings. The van der Waals surface area contributed by atoms with Crippen LogP contribution < -0.4 is 11.1 Å². The van der Waals surface area contributed by atoms with Crippen LogP contribution in [0.5, 0.6) is 0 Å². The van der Waals surface area contributed by atoms with Crippen molar-refractivity contribution in [2.45, 2.75) is 18.6 Å². The average molecular weight is 270 g/mol. The van der Waals surface area contributed by atoms with Crippen LogP contribution in [0.15, 0.2) is 60.7 Å². The Morgan fingerprint density at radius 3 is 2.00 bits per heavy atom. The minimum Gasteiger partial charge on any atom is -0.386 e. The number of hydrogen-bond donors (Lipinski definition) is 3. The van der Waals surface area contributed by atoms with Gasteiger partial charge in [-0.3, -0.25) is 0 Å². The van der Waals surface area contributed by atoms with Crippen LogP contribution in [0, 0.1) is 0 Å². The third-order valence-corrected chi connectivity index (χ3v) is 3.36. The number of nitrogens with one attached hydrogen (secondary N) is 1. The fourth-order valence-electron chi connectivity index (χ4n) is 2.27. The first-order valence-corrected chi connectivity index (χ1v) is 7.04. The molecule has 0 saturated heterocycles. The molecular weight excluding hydrogens is 248 g/mol. The van der Waals surface area contributed by atoms with Crippen molar-refractivity contribution >= 4 is 0 Å². The summed E-state index contributed by atoms with van der Waals surface area (Å²) >= 11 is 0. The fraction of sp³-hybridized carbons (Fsp3) is 0.294. The molecule has 2 rings (SSSR count). The van der Waals surface area contributed by atoms with E-state index in [1.165, 1.54) is 0 Å². The Balaban J connectivity index is 2.17. The predicted molar refractivity (Wildman–Crippen MR) is 82.3 cm³/mol. The van der Waals surface area contributed by atoms with Gasteiger partial charge in [0.25, 0.3) is 0 Å². The van der Waals surface area contributed by atoms with Gasteiger partial charge in [-0.05, 0) is 30.6 Å². The Bertz CT molecular complexity index is 487. The quantitative estimate of drug-likeness (QED) is 0.677. The Labute approximate surface area is 120 Å². The number of rotatable bonds is 7. The van der Waals surface area contributed by atoms with Gasteiger partial charge in [0, 0.05) is 0 Å². The lowest BCUT2D eigenvalue weighted by Gasteiger charge is -2.25. The summed E-state index contributed by atoms with van der Waals surface area (Å²) in [6, 6.07) is 19.7. The van der Waals surface area contributed by atoms with E-state index in [1.807, 2.05) is 60.7 Å². The number of aliphatic hydroxyl groups is 1. The van der Waals surface area contributed by atoms with Gasteiger partial charge >= 0.3 is 0 Å². The van der Waals surface area contributed by atoms with Crippen molar-refractivity contribution in [3.8, 4) is 0 Å². The molecule has 20 heavy (non-hydrogen) atoms. The van der Waals surface area contributed by atoms with Gasteiger partial charge in [-0.15, -0.1) is 0 Å². The summed E-state index contributed by atoms with van der Waals surface area (Å²) in [5.41, 5.74) is 7.54. The van der Waals surface area contributed by atoms with Crippen molar-refractivity contribution < 1.29 is 5.11 Å². The zero-order chi connectivity index (χ0) is 14.2. The summed E-state index contributed by atoms with van der Waals surface area (Å²) in [4.78, 5) is 0. The highest BCUT2D eigenvalue weighted by molar-refractivity contribution is 5.26. The maximum atomic E-state index is 10.6. The SMILES string of the molecule is NCCCN[C@@H](c1ccccc1)[C@@H](O)c1ccccc1. The zero-order valence-electron chi connectivity index (χ0n) is 11.6. The molecule has 0 radical (unpaired) electrons. The first-order chi connectivity index (χ1) is 9.83. The molecule has 2 atom stereocenters. The second-order valence-electron chi connectivity index (χ2n) is 4.84. The van der Waals surface area contributed by atoms with Gasteiger partial charge in [-0.2, -0.15) is 0 Å². The molecule has 0 aromatic heterocycles. The van der Waals surface area contributed by atoms with E-state index in [0.717, 1.165) is 24.1 Å². The molecule has 2 aromatic rings. The van der Waals surface area contributed by atoms with E-state index in [-0.39, 0.29) is 6.04 Å². The Morgan fingerprint density at radius 2 is 1.45 bits per heavy atom. The summed E-state index contributed by atoms with van der Waals surface area (Å²) in [7, 11) is 0. The second kappa shape index (κ2) is 7.80. The summed E-state index contributed by atoms with van der Waals surface area (Å²) in [6.45, 7) is 1.44. The smallest absolute Gasteiger partial charge is 0.0984 e. The van der Waals surface area contributed by atoms with Crippen LogP contribution in [0.1, 0.15) is 29.7 Å². The van der Waals surface area contributed by atoms with Crippen molar-refractivity contribution in [3.63, 3.8) is 0 Å². The second-order valence-corrected chi connectivity index (χ2v) is 4.84. The van der Waals surface area contributed by atoms with E-state index >= 15 is 0 Å². The highest BCUT2D eigenvalue weighted by Crippen LogP contribution is 2.28. The fourth-order valence-corrected chi connectivity index (χ4v) is 2.27. The first kappa shape index (κ1) is 14.7. The van der Waals surface area contributed by atoms with Crippen molar-refractivity contribution in [3.05, 3.63) is 71.8 Å². The van der Waals surface area contributed by atoms with E-state index in [2.05, 4.69) is 5.32 Å². The normalized spacial score (nSPS) is 13.9. The molecular formula is C17H22N2O. The lowest BCUT2D eigenvalue weighted by molar-refractivity contribution is 0.128. The van der Waals surface area contributed by atoms with Crippen LogP contribution >= 0.6 is 0 Å². The standard InChI is InChI=1S/C17H22N2O/c18-12-7-13-19-16(14-8-3-1-4-9-14)17(20)15-10-5-2-6-11-15/h1-6,8-11,16-17,19-20H,7,12-13,18H2/t16-,17-/m0/s1. The van der Waals surface area contributed by atoms with Crippen LogP contribution in [0.4, 0.5) is 0 Å². The molecule has 0 fully saturated rings. The zero-order valence-corrected chi connectivity index (χ0v) is 11.6. The average Bonchev–Trinajstić information content (AvgIpc) is 2.53. The highest BCUT2D eigenvalue weighted by Gasteiger charge is 2.21. The summed E-state index contributed by atoms with van der Waals surface area (Å²) in [6.07, 6.45) is 0.321. The molecule has 4 N–H and O–H groups in total. The summed E-state index contributed by atoms with van der Waals surface area (Å²) < 4.78 is 0. The summed E-state index contributed by atoms with van der Waals surface area (Å²) in [5, 5.41) is 14.0. The van der Waals surface area contributed by atoms with Gasteiger partial charge in [0.05, 0.1) is 12.1 Å². The van der Waals surface area contributed by atoms with Crippen molar-refractivity contribution in [1.82, 2.24) is 5.32 Å². The van der Waals surface area contributed by atoms with Gasteiger partial charge in [0.15, 0.2) is 0 Å². The third kappa shape index (κ3) is 3.90. The molecule has 106 valence electrons. The molecule has 0 amide bonds. The minimum absolute atomic E-state index is 0.120. The van der Waals surface area contributed by atoms with E-state index in [4.69, 9.17) is 5.73 Å². The number of hydrogen-bond acceptors (Lipinski definition) is 3. The summed E-state index contributed by atoms with van der Waals surface area (Å²) in [5.74, 6) is 0. The molecule has 0 unspecified atom stereocenters. The lowest BCUT2D eigenvalue weighted by Crippen LogP contribution is -2.29. The van der Waals surface area contributed by atoms with E-state index < -0.39 is 6.10 Å². The van der Waals surface area contributed by atoms with Crippen LogP contribution in [-0.4, -0.2) is 18.2 Å². The number of benzene rings is 2. The van der Waals surface area contributed by atoms with Gasteiger partial charge in [0.1, 0.15) is 0 Å². The molecule has 3 nitrogen and oxygen atoms in total. The molecule has 0 aliphatic heterocycles. The Hall–Kier alpha value is -1.68. The first-order valence-electron chi connectivity index (χ1n) is 7.04. The Kier molecular flexibility index (Phi) is 5.74. The molecule has 2 aromatic carbocycles. The van der Waals surface area contributed by atoms with E-state index in [0.29, 0.717) is 6.54 Å². The molecule has 0 saturated carbocycles. The highest BCUT2D eigenvalue weighted by atomic mass is 16.3. The monoisotopic (exact) mass is 270 g/mol. The molecule has 3 heteroatoms. The van der Waals surface area contributed by atoms with Gasteiger partial charge in [-0.25, -0.2) is 0 Å². The van der Waals surface area contributed by atoms with Gasteiger partial charge in [0.2, 0.25) is 0 Å². The maximum absolute atomic E-state index is 10.6.